The number of aromatic hydroxyl groups is 1. The van der Waals surface area contributed by atoms with Crippen molar-refractivity contribution in [1.82, 2.24) is 0 Å². The fourth-order valence-corrected chi connectivity index (χ4v) is 1.21. The third-order valence-electron chi connectivity index (χ3n) is 2.34. The zero-order valence-corrected chi connectivity index (χ0v) is 8.54. The highest BCUT2D eigenvalue weighted by Crippen LogP contribution is 2.34. The number of hydrogen-bond donors (Lipinski definition) is 1. The van der Waals surface area contributed by atoms with Crippen LogP contribution in [-0.2, 0) is 0 Å². The van der Waals surface area contributed by atoms with Crippen molar-refractivity contribution in [3.05, 3.63) is 36.8 Å². The number of hydrogen-bond acceptors (Lipinski definition) is 1. The molecule has 1 unspecified atom stereocenters. The Balaban J connectivity index is 2.90. The van der Waals surface area contributed by atoms with Crippen molar-refractivity contribution in [3.8, 4) is 5.75 Å². The van der Waals surface area contributed by atoms with Crippen LogP contribution < -0.4 is 0 Å². The first kappa shape index (κ1) is 9.97. The summed E-state index contributed by atoms with van der Waals surface area (Å²) in [5.41, 5.74) is 1.34. The highest BCUT2D eigenvalue weighted by Gasteiger charge is 2.27. The van der Waals surface area contributed by atoms with Gasteiger partial charge in [-0.3, -0.25) is 0 Å². The first-order valence-electron chi connectivity index (χ1n) is 4.53. The molecule has 0 heterocycles. The minimum atomic E-state index is 0.164. The minimum absolute atomic E-state index is 0.164. The van der Waals surface area contributed by atoms with Gasteiger partial charge in [-0.05, 0) is 17.7 Å². The summed E-state index contributed by atoms with van der Waals surface area (Å²) >= 11 is 0. The van der Waals surface area contributed by atoms with Crippen LogP contribution in [0, 0.1) is 12.3 Å². The van der Waals surface area contributed by atoms with Crippen LogP contribution in [-0.4, -0.2) is 5.11 Å². The molecule has 0 fully saturated rings. The van der Waals surface area contributed by atoms with E-state index in [0.29, 0.717) is 5.75 Å². The van der Waals surface area contributed by atoms with Crippen molar-refractivity contribution < 1.29 is 5.11 Å². The largest absolute Gasteiger partial charge is 0.508 e. The first-order valence-corrected chi connectivity index (χ1v) is 4.53. The van der Waals surface area contributed by atoms with Crippen LogP contribution in [0.15, 0.2) is 24.3 Å². The maximum atomic E-state index is 9.12. The molecular formula is C12H17O+. The predicted octanol–water partition coefficient (Wildman–Crippen LogP) is 3.36. The van der Waals surface area contributed by atoms with E-state index >= 15 is 0 Å². The highest BCUT2D eigenvalue weighted by atomic mass is 16.3. The van der Waals surface area contributed by atoms with E-state index in [1.54, 1.807) is 12.1 Å². The third-order valence-corrected chi connectivity index (χ3v) is 2.34. The molecule has 0 aliphatic rings. The molecule has 0 saturated heterocycles. The maximum Gasteiger partial charge on any atom is 0.125 e. The van der Waals surface area contributed by atoms with Crippen molar-refractivity contribution >= 4 is 0 Å². The molecule has 0 spiro atoms. The van der Waals surface area contributed by atoms with Gasteiger partial charge in [-0.2, -0.15) is 0 Å². The van der Waals surface area contributed by atoms with Gasteiger partial charge in [-0.15, -0.1) is 0 Å². The summed E-state index contributed by atoms with van der Waals surface area (Å²) < 4.78 is 0. The summed E-state index contributed by atoms with van der Waals surface area (Å²) in [6.07, 6.45) is 0. The van der Waals surface area contributed by atoms with Crippen LogP contribution in [0.2, 0.25) is 0 Å². The molecule has 0 radical (unpaired) electrons. The van der Waals surface area contributed by atoms with Gasteiger partial charge in [0.2, 0.25) is 0 Å². The second-order valence-corrected chi connectivity index (χ2v) is 4.51. The van der Waals surface area contributed by atoms with Gasteiger partial charge in [-0.1, -0.05) is 32.9 Å². The Kier molecular flexibility index (Phi) is 2.55. The quantitative estimate of drug-likeness (QED) is 0.652. The van der Waals surface area contributed by atoms with Crippen molar-refractivity contribution in [2.75, 3.05) is 0 Å². The molecule has 0 bridgehead atoms. The Labute approximate surface area is 80.4 Å². The number of phenols is 1. The SMILES string of the molecule is [CH2+]C(c1ccc(O)cc1)C(C)(C)C. The maximum absolute atomic E-state index is 9.12. The van der Waals surface area contributed by atoms with E-state index in [4.69, 9.17) is 5.11 Å². The fraction of sp³-hybridized carbons (Fsp3) is 0.417. The Morgan fingerprint density at radius 3 is 2.00 bits per heavy atom. The molecule has 1 atom stereocenters. The average Bonchev–Trinajstić information content (AvgIpc) is 2.03. The van der Waals surface area contributed by atoms with E-state index < -0.39 is 0 Å². The second kappa shape index (κ2) is 3.33. The summed E-state index contributed by atoms with van der Waals surface area (Å²) in [5.74, 6) is 0.568. The number of phenolic OH excluding ortho intramolecular Hbond substituents is 1. The van der Waals surface area contributed by atoms with Gasteiger partial charge < -0.3 is 5.11 Å². The van der Waals surface area contributed by atoms with Gasteiger partial charge >= 0.3 is 0 Å². The van der Waals surface area contributed by atoms with Crippen LogP contribution in [0.25, 0.3) is 0 Å². The Bertz CT molecular complexity index is 266. The van der Waals surface area contributed by atoms with Gasteiger partial charge in [-0.25, -0.2) is 0 Å². The lowest BCUT2D eigenvalue weighted by molar-refractivity contribution is 0.364. The molecule has 0 aromatic heterocycles. The molecule has 1 nitrogen and oxygen atoms in total. The summed E-state index contributed by atoms with van der Waals surface area (Å²) in [4.78, 5) is 0. The Morgan fingerprint density at radius 1 is 1.15 bits per heavy atom. The molecule has 1 aromatic rings. The molecule has 1 N–H and O–H groups in total. The van der Waals surface area contributed by atoms with E-state index in [9.17, 15) is 0 Å². The average molecular weight is 177 g/mol. The number of benzene rings is 1. The van der Waals surface area contributed by atoms with Crippen LogP contribution in [0.1, 0.15) is 32.3 Å². The van der Waals surface area contributed by atoms with Gasteiger partial charge in [0.25, 0.3) is 0 Å². The molecule has 70 valence electrons. The van der Waals surface area contributed by atoms with Crippen molar-refractivity contribution in [2.24, 2.45) is 5.41 Å². The van der Waals surface area contributed by atoms with Gasteiger partial charge in [0.05, 0.1) is 6.92 Å². The molecule has 0 saturated carbocycles. The molecule has 0 aliphatic carbocycles. The highest BCUT2D eigenvalue weighted by molar-refractivity contribution is 5.29. The van der Waals surface area contributed by atoms with E-state index in [2.05, 4.69) is 27.7 Å². The lowest BCUT2D eigenvalue weighted by Crippen LogP contribution is -2.15. The predicted molar refractivity (Wildman–Crippen MR) is 55.7 cm³/mol. The molecule has 1 heteroatoms. The molecule has 0 aliphatic heterocycles. The standard InChI is InChI=1S/C12H16O/c1-9(12(2,3)4)10-5-7-11(13)8-6-10/h5-9H,1H2,2-4H3/p+1. The van der Waals surface area contributed by atoms with Crippen molar-refractivity contribution in [3.63, 3.8) is 0 Å². The Morgan fingerprint density at radius 2 is 1.62 bits per heavy atom. The first-order chi connectivity index (χ1) is 5.91. The Hall–Kier alpha value is -1.11. The molecule has 1 aromatic carbocycles. The van der Waals surface area contributed by atoms with Crippen LogP contribution in [0.4, 0.5) is 0 Å². The van der Waals surface area contributed by atoms with Crippen LogP contribution in [0.5, 0.6) is 5.75 Å². The summed E-state index contributed by atoms with van der Waals surface area (Å²) in [7, 11) is 0. The van der Waals surface area contributed by atoms with Gasteiger partial charge in [0.15, 0.2) is 0 Å². The normalized spacial score (nSPS) is 14.1. The van der Waals surface area contributed by atoms with E-state index in [1.807, 2.05) is 12.1 Å². The zero-order chi connectivity index (χ0) is 10.1. The smallest absolute Gasteiger partial charge is 0.125 e. The molecule has 1 rings (SSSR count). The summed E-state index contributed by atoms with van der Waals surface area (Å²) in [6, 6.07) is 7.27. The summed E-state index contributed by atoms with van der Waals surface area (Å²) in [5, 5.41) is 9.12. The topological polar surface area (TPSA) is 20.2 Å². The number of rotatable bonds is 1. The monoisotopic (exact) mass is 177 g/mol. The molecular weight excluding hydrogens is 160 g/mol. The molecule has 0 amide bonds. The van der Waals surface area contributed by atoms with Crippen LogP contribution in [0.3, 0.4) is 0 Å². The molecule has 13 heavy (non-hydrogen) atoms. The third kappa shape index (κ3) is 2.41. The van der Waals surface area contributed by atoms with Crippen molar-refractivity contribution in [1.29, 1.82) is 0 Å². The zero-order valence-electron chi connectivity index (χ0n) is 8.54. The van der Waals surface area contributed by atoms with E-state index in [-0.39, 0.29) is 11.3 Å². The lowest BCUT2D eigenvalue weighted by Gasteiger charge is -2.21. The minimum Gasteiger partial charge on any atom is -0.508 e. The fourth-order valence-electron chi connectivity index (χ4n) is 1.21. The van der Waals surface area contributed by atoms with Crippen LogP contribution >= 0.6 is 0 Å². The summed E-state index contributed by atoms with van der Waals surface area (Å²) in [6.45, 7) is 10.6. The van der Waals surface area contributed by atoms with E-state index in [1.165, 1.54) is 5.56 Å². The van der Waals surface area contributed by atoms with Gasteiger partial charge in [0.1, 0.15) is 11.7 Å². The lowest BCUT2D eigenvalue weighted by atomic mass is 9.78. The van der Waals surface area contributed by atoms with Gasteiger partial charge in [0, 0.05) is 5.41 Å². The van der Waals surface area contributed by atoms with E-state index in [0.717, 1.165) is 0 Å². The van der Waals surface area contributed by atoms with Crippen molar-refractivity contribution in [2.45, 2.75) is 26.7 Å². The second-order valence-electron chi connectivity index (χ2n) is 4.51.